The molecule has 178 valence electrons. The van der Waals surface area contributed by atoms with Gasteiger partial charge >= 0.3 is 12.1 Å². The number of imide groups is 1. The maximum Gasteiger partial charge on any atom is 0.413 e. The van der Waals surface area contributed by atoms with Crippen molar-refractivity contribution in [1.82, 2.24) is 10.3 Å². The lowest BCUT2D eigenvalue weighted by molar-refractivity contribution is -0.123. The van der Waals surface area contributed by atoms with E-state index in [-0.39, 0.29) is 13.4 Å². The molecule has 9 heteroatoms. The highest BCUT2D eigenvalue weighted by atomic mass is 16.7. The third-order valence-corrected chi connectivity index (χ3v) is 5.73. The molecular formula is C26H22N2O7. The number of benzene rings is 2. The summed E-state index contributed by atoms with van der Waals surface area (Å²) in [6.45, 7) is 1.34. The molecular weight excluding hydrogens is 452 g/mol. The number of amides is 2. The fraction of sp³-hybridized carbons (Fsp3) is 0.231. The van der Waals surface area contributed by atoms with Crippen molar-refractivity contribution in [3.63, 3.8) is 0 Å². The summed E-state index contributed by atoms with van der Waals surface area (Å²) in [5, 5.41) is 2.66. The molecule has 1 aromatic heterocycles. The second-order valence-electron chi connectivity index (χ2n) is 7.96. The van der Waals surface area contributed by atoms with E-state index in [0.29, 0.717) is 40.8 Å². The maximum absolute atomic E-state index is 13.1. The first-order chi connectivity index (χ1) is 17.0. The number of fused-ring (bicyclic) bond motifs is 3. The van der Waals surface area contributed by atoms with Crippen molar-refractivity contribution in [2.24, 2.45) is 0 Å². The summed E-state index contributed by atoms with van der Waals surface area (Å²) in [4.78, 5) is 41.4. The number of carbonyl (C=O) groups is 3. The van der Waals surface area contributed by atoms with Crippen molar-refractivity contribution in [3.8, 4) is 11.5 Å². The van der Waals surface area contributed by atoms with Gasteiger partial charge in [-0.2, -0.15) is 0 Å². The SMILES string of the molecule is CCOC(=O)NC(=O)COC(=O)c1c2c(nc3ccccc13)C(=Cc1ccc3c(c1)OCO3)CC2. The van der Waals surface area contributed by atoms with Gasteiger partial charge in [0.05, 0.1) is 23.4 Å². The summed E-state index contributed by atoms with van der Waals surface area (Å²) >= 11 is 0. The molecule has 1 aliphatic heterocycles. The zero-order valence-electron chi connectivity index (χ0n) is 19.0. The van der Waals surface area contributed by atoms with Crippen molar-refractivity contribution in [3.05, 3.63) is 64.8 Å². The molecule has 35 heavy (non-hydrogen) atoms. The zero-order chi connectivity index (χ0) is 24.4. The minimum Gasteiger partial charge on any atom is -0.454 e. The first kappa shape index (κ1) is 22.4. The summed E-state index contributed by atoms with van der Waals surface area (Å²) < 4.78 is 20.8. The summed E-state index contributed by atoms with van der Waals surface area (Å²) in [6, 6.07) is 13.0. The lowest BCUT2D eigenvalue weighted by Crippen LogP contribution is -2.34. The molecule has 0 bridgehead atoms. The van der Waals surface area contributed by atoms with Gasteiger partial charge in [-0.1, -0.05) is 24.3 Å². The van der Waals surface area contributed by atoms with E-state index in [4.69, 9.17) is 19.2 Å². The van der Waals surface area contributed by atoms with Crippen molar-refractivity contribution in [2.75, 3.05) is 20.0 Å². The lowest BCUT2D eigenvalue weighted by atomic mass is 10.0. The van der Waals surface area contributed by atoms with Crippen molar-refractivity contribution in [2.45, 2.75) is 19.8 Å². The van der Waals surface area contributed by atoms with Crippen LogP contribution in [0.5, 0.6) is 11.5 Å². The molecule has 0 radical (unpaired) electrons. The minimum absolute atomic E-state index is 0.121. The molecule has 2 aliphatic rings. The van der Waals surface area contributed by atoms with E-state index in [1.54, 1.807) is 13.0 Å². The van der Waals surface area contributed by atoms with Crippen LogP contribution in [0.3, 0.4) is 0 Å². The molecule has 2 heterocycles. The fourth-order valence-corrected chi connectivity index (χ4v) is 4.24. The molecule has 3 aromatic rings. The Morgan fingerprint density at radius 2 is 1.89 bits per heavy atom. The van der Waals surface area contributed by atoms with E-state index in [1.165, 1.54) is 0 Å². The molecule has 9 nitrogen and oxygen atoms in total. The fourth-order valence-electron chi connectivity index (χ4n) is 4.24. The number of aromatic nitrogens is 1. The molecule has 0 saturated heterocycles. The average Bonchev–Trinajstić information content (AvgIpc) is 3.48. The lowest BCUT2D eigenvalue weighted by Gasteiger charge is -2.12. The maximum atomic E-state index is 13.1. The van der Waals surface area contributed by atoms with E-state index in [2.05, 4.69) is 4.74 Å². The van der Waals surface area contributed by atoms with Gasteiger partial charge in [0, 0.05) is 5.39 Å². The average molecular weight is 474 g/mol. The number of hydrogen-bond acceptors (Lipinski definition) is 8. The smallest absolute Gasteiger partial charge is 0.413 e. The van der Waals surface area contributed by atoms with Gasteiger partial charge in [-0.05, 0) is 60.7 Å². The van der Waals surface area contributed by atoms with Crippen molar-refractivity contribution < 1.29 is 33.3 Å². The summed E-state index contributed by atoms with van der Waals surface area (Å²) in [5.41, 5.74) is 4.44. The summed E-state index contributed by atoms with van der Waals surface area (Å²) in [6.07, 6.45) is 2.43. The van der Waals surface area contributed by atoms with Crippen LogP contribution >= 0.6 is 0 Å². The second kappa shape index (κ2) is 9.46. The van der Waals surface area contributed by atoms with Gasteiger partial charge in [0.2, 0.25) is 6.79 Å². The number of esters is 1. The van der Waals surface area contributed by atoms with Crippen molar-refractivity contribution in [1.29, 1.82) is 0 Å². The van der Waals surface area contributed by atoms with Gasteiger partial charge in [-0.25, -0.2) is 14.6 Å². The van der Waals surface area contributed by atoms with Crippen LogP contribution in [0.15, 0.2) is 42.5 Å². The first-order valence-electron chi connectivity index (χ1n) is 11.2. The predicted octanol–water partition coefficient (Wildman–Crippen LogP) is 3.88. The van der Waals surface area contributed by atoms with Crippen LogP contribution in [0, 0.1) is 0 Å². The molecule has 0 atom stereocenters. The van der Waals surface area contributed by atoms with Crippen LogP contribution < -0.4 is 14.8 Å². The van der Waals surface area contributed by atoms with E-state index >= 15 is 0 Å². The monoisotopic (exact) mass is 474 g/mol. The molecule has 1 aliphatic carbocycles. The van der Waals surface area contributed by atoms with Crippen LogP contribution in [-0.4, -0.2) is 43.0 Å². The molecule has 0 fully saturated rings. The van der Waals surface area contributed by atoms with E-state index in [9.17, 15) is 14.4 Å². The van der Waals surface area contributed by atoms with Crippen molar-refractivity contribution >= 4 is 40.5 Å². The van der Waals surface area contributed by atoms with E-state index < -0.39 is 24.6 Å². The Hall–Kier alpha value is -4.40. The number of ether oxygens (including phenoxy) is 4. The van der Waals surface area contributed by atoms with Gasteiger partial charge in [-0.15, -0.1) is 0 Å². The number of para-hydroxylation sites is 1. The Balaban J connectivity index is 1.45. The minimum atomic E-state index is -0.887. The summed E-state index contributed by atoms with van der Waals surface area (Å²) in [7, 11) is 0. The zero-order valence-corrected chi connectivity index (χ0v) is 19.0. The first-order valence-corrected chi connectivity index (χ1v) is 11.2. The highest BCUT2D eigenvalue weighted by Gasteiger charge is 2.28. The van der Waals surface area contributed by atoms with Gasteiger partial charge in [0.1, 0.15) is 0 Å². The number of nitrogens with one attached hydrogen (secondary N) is 1. The summed E-state index contributed by atoms with van der Waals surface area (Å²) in [5.74, 6) is -0.0205. The number of hydrogen-bond donors (Lipinski definition) is 1. The Kier molecular flexibility index (Phi) is 6.05. The van der Waals surface area contributed by atoms with Crippen LogP contribution in [0.4, 0.5) is 4.79 Å². The molecule has 0 unspecified atom stereocenters. The third-order valence-electron chi connectivity index (χ3n) is 5.73. The molecule has 0 saturated carbocycles. The standard InChI is InChI=1S/C26H22N2O7/c1-2-32-26(31)28-22(29)13-33-25(30)23-17-5-3-4-6-19(17)27-24-16(8-9-18(23)24)11-15-7-10-20-21(12-15)35-14-34-20/h3-7,10-12H,2,8-9,13-14H2,1H3,(H,28,29,31). The normalized spacial score (nSPS) is 14.6. The van der Waals surface area contributed by atoms with Crippen LogP contribution in [0.2, 0.25) is 0 Å². The number of pyridine rings is 1. The van der Waals surface area contributed by atoms with E-state index in [0.717, 1.165) is 22.4 Å². The number of carbonyl (C=O) groups excluding carboxylic acids is 3. The van der Waals surface area contributed by atoms with Crippen LogP contribution in [0.25, 0.3) is 22.6 Å². The van der Waals surface area contributed by atoms with E-state index in [1.807, 2.05) is 47.8 Å². The van der Waals surface area contributed by atoms with Crippen LogP contribution in [0.1, 0.15) is 40.5 Å². The Bertz CT molecular complexity index is 1380. The number of alkyl carbamates (subject to hydrolysis) is 1. The molecule has 0 spiro atoms. The highest BCUT2D eigenvalue weighted by Crippen LogP contribution is 2.39. The molecule has 1 N–H and O–H groups in total. The largest absolute Gasteiger partial charge is 0.454 e. The molecule has 2 amide bonds. The number of rotatable bonds is 5. The van der Waals surface area contributed by atoms with Crippen LogP contribution in [-0.2, 0) is 20.7 Å². The van der Waals surface area contributed by atoms with Gasteiger partial charge in [-0.3, -0.25) is 10.1 Å². The predicted molar refractivity (Wildman–Crippen MR) is 126 cm³/mol. The molecule has 2 aromatic carbocycles. The third kappa shape index (κ3) is 4.52. The second-order valence-corrected chi connectivity index (χ2v) is 7.96. The quantitative estimate of drug-likeness (QED) is 0.555. The highest BCUT2D eigenvalue weighted by molar-refractivity contribution is 6.07. The Morgan fingerprint density at radius 1 is 1.06 bits per heavy atom. The Morgan fingerprint density at radius 3 is 2.74 bits per heavy atom. The molecule has 5 rings (SSSR count). The Labute approximate surface area is 200 Å². The number of nitrogens with zero attached hydrogens (tertiary/aromatic N) is 1. The number of allylic oxidation sites excluding steroid dienone is 1. The topological polar surface area (TPSA) is 113 Å². The van der Waals surface area contributed by atoms with Gasteiger partial charge in [0.15, 0.2) is 18.1 Å². The van der Waals surface area contributed by atoms with Gasteiger partial charge < -0.3 is 18.9 Å². The van der Waals surface area contributed by atoms with Gasteiger partial charge in [0.25, 0.3) is 5.91 Å².